The number of primary amides is 1. The van der Waals surface area contributed by atoms with E-state index in [1.165, 1.54) is 4.90 Å². The van der Waals surface area contributed by atoms with Crippen molar-refractivity contribution in [2.24, 2.45) is 10.8 Å². The van der Waals surface area contributed by atoms with Gasteiger partial charge in [0, 0.05) is 34.7 Å². The van der Waals surface area contributed by atoms with Crippen LogP contribution in [0.1, 0.15) is 32.0 Å². The molecule has 34 heavy (non-hydrogen) atoms. The molecule has 1 aromatic heterocycles. The number of azide groups is 1. The number of amides is 3. The van der Waals surface area contributed by atoms with Crippen molar-refractivity contribution in [2.75, 3.05) is 18.0 Å². The maximum atomic E-state index is 13.0. The standard InChI is InChI=1S/C23H20N8O3/c1-13-5-7-14(8-6-13)21-28-19(20(24)33)17-12-18(32)31(22(17)29-21)16-4-2-3-15(11-16)23(34)26-9-10-27-30-25/h2-8,11H,9-10,12H2,1H3,(H2,24,33)(H,26,34). The number of rotatable bonds is 7. The van der Waals surface area contributed by atoms with Gasteiger partial charge in [0.2, 0.25) is 5.91 Å². The van der Waals surface area contributed by atoms with Gasteiger partial charge >= 0.3 is 0 Å². The van der Waals surface area contributed by atoms with E-state index in [1.54, 1.807) is 24.3 Å². The Morgan fingerprint density at radius 1 is 1.21 bits per heavy atom. The lowest BCUT2D eigenvalue weighted by atomic mass is 10.1. The van der Waals surface area contributed by atoms with Crippen LogP contribution in [0.5, 0.6) is 0 Å². The van der Waals surface area contributed by atoms with Gasteiger partial charge in [-0.1, -0.05) is 41.0 Å². The van der Waals surface area contributed by atoms with Crippen LogP contribution >= 0.6 is 0 Å². The summed E-state index contributed by atoms with van der Waals surface area (Å²) in [4.78, 5) is 50.5. The summed E-state index contributed by atoms with van der Waals surface area (Å²) in [6.07, 6.45) is -0.0929. The number of fused-ring (bicyclic) bond motifs is 1. The molecule has 0 radical (unpaired) electrons. The Bertz CT molecular complexity index is 1350. The van der Waals surface area contributed by atoms with E-state index < -0.39 is 5.91 Å². The highest BCUT2D eigenvalue weighted by molar-refractivity contribution is 6.10. The lowest BCUT2D eigenvalue weighted by Gasteiger charge is -2.18. The third-order valence-corrected chi connectivity index (χ3v) is 5.24. The normalized spacial score (nSPS) is 12.1. The summed E-state index contributed by atoms with van der Waals surface area (Å²) in [6, 6.07) is 13.9. The summed E-state index contributed by atoms with van der Waals surface area (Å²) in [5, 5.41) is 6.02. The maximum absolute atomic E-state index is 13.0. The molecule has 11 heteroatoms. The molecule has 0 fully saturated rings. The number of carbonyl (C=O) groups excluding carboxylic acids is 3. The molecule has 0 saturated carbocycles. The van der Waals surface area contributed by atoms with Crippen molar-refractivity contribution in [3.05, 3.63) is 81.4 Å². The second kappa shape index (κ2) is 9.39. The second-order valence-electron chi connectivity index (χ2n) is 7.59. The molecular weight excluding hydrogens is 436 g/mol. The first-order valence-corrected chi connectivity index (χ1v) is 10.4. The zero-order valence-corrected chi connectivity index (χ0v) is 18.2. The molecular formula is C23H20N8O3. The highest BCUT2D eigenvalue weighted by atomic mass is 16.2. The molecule has 2 aromatic carbocycles. The highest BCUT2D eigenvalue weighted by Crippen LogP contribution is 2.37. The maximum Gasteiger partial charge on any atom is 0.267 e. The number of aromatic nitrogens is 2. The van der Waals surface area contributed by atoms with Crippen LogP contribution in [0.3, 0.4) is 0 Å². The van der Waals surface area contributed by atoms with E-state index in [0.717, 1.165) is 5.56 Å². The predicted octanol–water partition coefficient (Wildman–Crippen LogP) is 2.81. The van der Waals surface area contributed by atoms with Gasteiger partial charge in [-0.15, -0.1) is 0 Å². The van der Waals surface area contributed by atoms with E-state index in [1.807, 2.05) is 31.2 Å². The molecule has 2 heterocycles. The fraction of sp³-hybridized carbons (Fsp3) is 0.174. The Balaban J connectivity index is 1.74. The van der Waals surface area contributed by atoms with Gasteiger partial charge in [0.25, 0.3) is 11.8 Å². The lowest BCUT2D eigenvalue weighted by molar-refractivity contribution is -0.116. The fourth-order valence-electron chi connectivity index (χ4n) is 3.62. The molecule has 0 saturated heterocycles. The van der Waals surface area contributed by atoms with Crippen LogP contribution in [-0.4, -0.2) is 40.8 Å². The number of benzene rings is 2. The summed E-state index contributed by atoms with van der Waals surface area (Å²) in [5.41, 5.74) is 16.7. The van der Waals surface area contributed by atoms with E-state index >= 15 is 0 Å². The lowest BCUT2D eigenvalue weighted by Crippen LogP contribution is -2.26. The zero-order chi connectivity index (χ0) is 24.2. The summed E-state index contributed by atoms with van der Waals surface area (Å²) in [6.45, 7) is 2.24. The molecule has 3 aromatic rings. The monoisotopic (exact) mass is 456 g/mol. The highest BCUT2D eigenvalue weighted by Gasteiger charge is 2.35. The van der Waals surface area contributed by atoms with Crippen LogP contribution in [0.4, 0.5) is 11.5 Å². The van der Waals surface area contributed by atoms with Crippen LogP contribution in [-0.2, 0) is 11.2 Å². The van der Waals surface area contributed by atoms with Crippen molar-refractivity contribution in [3.63, 3.8) is 0 Å². The number of anilines is 2. The molecule has 1 aliphatic rings. The summed E-state index contributed by atoms with van der Waals surface area (Å²) in [7, 11) is 0. The van der Waals surface area contributed by atoms with Gasteiger partial charge < -0.3 is 11.1 Å². The van der Waals surface area contributed by atoms with Gasteiger partial charge in [-0.2, -0.15) is 0 Å². The molecule has 0 unspecified atom stereocenters. The molecule has 4 rings (SSSR count). The van der Waals surface area contributed by atoms with Gasteiger partial charge in [-0.3, -0.25) is 19.3 Å². The van der Waals surface area contributed by atoms with Crippen molar-refractivity contribution in [3.8, 4) is 11.4 Å². The first-order valence-electron chi connectivity index (χ1n) is 10.4. The Hall–Kier alpha value is -4.76. The van der Waals surface area contributed by atoms with Crippen molar-refractivity contribution in [1.29, 1.82) is 0 Å². The largest absolute Gasteiger partial charge is 0.364 e. The van der Waals surface area contributed by atoms with E-state index in [9.17, 15) is 14.4 Å². The molecule has 11 nitrogen and oxygen atoms in total. The van der Waals surface area contributed by atoms with Crippen LogP contribution < -0.4 is 16.0 Å². The average Bonchev–Trinajstić information content (AvgIpc) is 3.17. The summed E-state index contributed by atoms with van der Waals surface area (Å²) in [5.74, 6) is -0.948. The quantitative estimate of drug-likeness (QED) is 0.241. The topological polar surface area (TPSA) is 167 Å². The fourth-order valence-corrected chi connectivity index (χ4v) is 3.62. The number of aryl methyl sites for hydroxylation is 1. The van der Waals surface area contributed by atoms with Crippen molar-refractivity contribution < 1.29 is 14.4 Å². The SMILES string of the molecule is Cc1ccc(-c2nc(C(N)=O)c3c(n2)N(c2cccc(C(=O)NCCN=[N+]=[N-])c2)C(=O)C3)cc1. The molecule has 1 aliphatic heterocycles. The number of hydrogen-bond acceptors (Lipinski definition) is 6. The third-order valence-electron chi connectivity index (χ3n) is 5.24. The van der Waals surface area contributed by atoms with Crippen LogP contribution in [0, 0.1) is 6.92 Å². The van der Waals surface area contributed by atoms with E-state index in [-0.39, 0.29) is 48.7 Å². The van der Waals surface area contributed by atoms with Crippen molar-refractivity contribution >= 4 is 29.2 Å². The molecule has 0 aliphatic carbocycles. The van der Waals surface area contributed by atoms with E-state index in [2.05, 4.69) is 25.3 Å². The number of carbonyl (C=O) groups is 3. The Morgan fingerprint density at radius 3 is 2.68 bits per heavy atom. The minimum atomic E-state index is -0.755. The molecule has 0 spiro atoms. The first-order chi connectivity index (χ1) is 16.4. The van der Waals surface area contributed by atoms with Crippen LogP contribution in [0.15, 0.2) is 53.6 Å². The second-order valence-corrected chi connectivity index (χ2v) is 7.59. The smallest absolute Gasteiger partial charge is 0.267 e. The van der Waals surface area contributed by atoms with Gasteiger partial charge in [-0.25, -0.2) is 9.97 Å². The number of nitrogens with one attached hydrogen (secondary N) is 1. The Kier molecular flexibility index (Phi) is 6.20. The minimum absolute atomic E-state index is 0.0108. The third kappa shape index (κ3) is 4.41. The van der Waals surface area contributed by atoms with Gasteiger partial charge in [0.1, 0.15) is 11.5 Å². The van der Waals surface area contributed by atoms with Gasteiger partial charge in [-0.05, 0) is 30.7 Å². The molecule has 0 bridgehead atoms. The van der Waals surface area contributed by atoms with Crippen molar-refractivity contribution in [2.45, 2.75) is 13.3 Å². The van der Waals surface area contributed by atoms with E-state index in [4.69, 9.17) is 11.3 Å². The van der Waals surface area contributed by atoms with Crippen LogP contribution in [0.25, 0.3) is 21.8 Å². The van der Waals surface area contributed by atoms with Gasteiger partial charge in [0.05, 0.1) is 12.1 Å². The van der Waals surface area contributed by atoms with Crippen molar-refractivity contribution in [1.82, 2.24) is 15.3 Å². The number of nitrogens with zero attached hydrogens (tertiary/aromatic N) is 6. The van der Waals surface area contributed by atoms with Gasteiger partial charge in [0.15, 0.2) is 5.82 Å². The molecule has 3 amide bonds. The Morgan fingerprint density at radius 2 is 1.97 bits per heavy atom. The zero-order valence-electron chi connectivity index (χ0n) is 18.2. The summed E-state index contributed by atoms with van der Waals surface area (Å²) < 4.78 is 0. The van der Waals surface area contributed by atoms with E-state index in [0.29, 0.717) is 22.4 Å². The van der Waals surface area contributed by atoms with Crippen LogP contribution in [0.2, 0.25) is 0 Å². The molecule has 3 N–H and O–H groups in total. The first kappa shape index (κ1) is 22.4. The Labute approximate surface area is 194 Å². The average molecular weight is 456 g/mol. The number of nitrogens with two attached hydrogens (primary N) is 1. The molecule has 170 valence electrons. The molecule has 0 atom stereocenters. The predicted molar refractivity (Wildman–Crippen MR) is 124 cm³/mol. The number of hydrogen-bond donors (Lipinski definition) is 2. The summed E-state index contributed by atoms with van der Waals surface area (Å²) >= 11 is 0. The minimum Gasteiger partial charge on any atom is -0.364 e.